The molecule has 1 unspecified atom stereocenters. The largest absolute Gasteiger partial charge is 0.486 e. The quantitative estimate of drug-likeness (QED) is 0.646. The molecule has 3 aromatic rings. The van der Waals surface area contributed by atoms with Gasteiger partial charge in [0.05, 0.1) is 17.1 Å². The lowest BCUT2D eigenvalue weighted by Gasteiger charge is -2.18. The molecule has 1 atom stereocenters. The summed E-state index contributed by atoms with van der Waals surface area (Å²) < 4.78 is 6.14. The molecule has 2 heterocycles. The maximum Gasteiger partial charge on any atom is 0.255 e. The monoisotopic (exact) mass is 386 g/mol. The number of amides is 1. The van der Waals surface area contributed by atoms with Crippen LogP contribution in [0.5, 0.6) is 5.75 Å². The molecular formula is C20H16Cl2N2O2. The molecule has 0 bridgehead atoms. The minimum absolute atomic E-state index is 0.0716. The Labute approximate surface area is 161 Å². The lowest BCUT2D eigenvalue weighted by Crippen LogP contribution is -2.31. The highest BCUT2D eigenvalue weighted by Crippen LogP contribution is 2.28. The first kappa shape index (κ1) is 17.1. The van der Waals surface area contributed by atoms with Gasteiger partial charge >= 0.3 is 0 Å². The number of hydrogen-bond acceptors (Lipinski definition) is 3. The standard InChI is InChI=1S/C20H16Cl2N2O2/c21-14-6-7-16(17(22)11-14)20(25)24-10-8-15(12-24)26-18-5-1-3-13-4-2-9-23-19(13)18/h1-7,9,11,15H,8,10,12H2. The Hall–Kier alpha value is -2.30. The maximum absolute atomic E-state index is 12.7. The summed E-state index contributed by atoms with van der Waals surface area (Å²) >= 11 is 12.1. The molecular weight excluding hydrogens is 371 g/mol. The van der Waals surface area contributed by atoms with Crippen molar-refractivity contribution in [2.75, 3.05) is 13.1 Å². The highest BCUT2D eigenvalue weighted by atomic mass is 35.5. The van der Waals surface area contributed by atoms with Gasteiger partial charge in [-0.2, -0.15) is 0 Å². The first-order valence-electron chi connectivity index (χ1n) is 8.36. The molecule has 0 N–H and O–H groups in total. The third-order valence-corrected chi connectivity index (χ3v) is 5.03. The first-order valence-corrected chi connectivity index (χ1v) is 9.12. The maximum atomic E-state index is 12.7. The van der Waals surface area contributed by atoms with E-state index >= 15 is 0 Å². The molecule has 0 saturated carbocycles. The van der Waals surface area contributed by atoms with Crippen molar-refractivity contribution in [1.82, 2.24) is 9.88 Å². The number of carbonyl (C=O) groups excluding carboxylic acids is 1. The Balaban J connectivity index is 1.49. The van der Waals surface area contributed by atoms with E-state index in [0.717, 1.165) is 23.1 Å². The van der Waals surface area contributed by atoms with Crippen molar-refractivity contribution in [1.29, 1.82) is 0 Å². The Bertz CT molecular complexity index is 972. The second kappa shape index (κ2) is 7.14. The minimum atomic E-state index is -0.103. The molecule has 1 amide bonds. The molecule has 132 valence electrons. The highest BCUT2D eigenvalue weighted by molar-refractivity contribution is 6.36. The second-order valence-electron chi connectivity index (χ2n) is 6.24. The van der Waals surface area contributed by atoms with Crippen LogP contribution in [0.1, 0.15) is 16.8 Å². The average Bonchev–Trinajstić information content (AvgIpc) is 3.10. The van der Waals surface area contributed by atoms with Gasteiger partial charge in [-0.3, -0.25) is 9.78 Å². The summed E-state index contributed by atoms with van der Waals surface area (Å²) in [4.78, 5) is 18.9. The Morgan fingerprint density at radius 3 is 2.85 bits per heavy atom. The third kappa shape index (κ3) is 3.35. The number of fused-ring (bicyclic) bond motifs is 1. The van der Waals surface area contributed by atoms with Gasteiger partial charge in [0.2, 0.25) is 0 Å². The average molecular weight is 387 g/mol. The van der Waals surface area contributed by atoms with Crippen molar-refractivity contribution in [2.24, 2.45) is 0 Å². The number of rotatable bonds is 3. The van der Waals surface area contributed by atoms with Gasteiger partial charge in [0.1, 0.15) is 17.4 Å². The SMILES string of the molecule is O=C(c1ccc(Cl)cc1Cl)N1CCC(Oc2cccc3cccnc23)C1. The lowest BCUT2D eigenvalue weighted by atomic mass is 10.2. The number of benzene rings is 2. The molecule has 0 spiro atoms. The van der Waals surface area contributed by atoms with Crippen molar-refractivity contribution in [3.63, 3.8) is 0 Å². The van der Waals surface area contributed by atoms with E-state index in [-0.39, 0.29) is 12.0 Å². The Morgan fingerprint density at radius 2 is 2.00 bits per heavy atom. The van der Waals surface area contributed by atoms with Gasteiger partial charge in [-0.05, 0) is 30.3 Å². The molecule has 1 aliphatic heterocycles. The van der Waals surface area contributed by atoms with Crippen LogP contribution < -0.4 is 4.74 Å². The van der Waals surface area contributed by atoms with Crippen LogP contribution in [-0.4, -0.2) is 35.0 Å². The van der Waals surface area contributed by atoms with Gasteiger partial charge in [0.25, 0.3) is 5.91 Å². The minimum Gasteiger partial charge on any atom is -0.486 e. The highest BCUT2D eigenvalue weighted by Gasteiger charge is 2.29. The van der Waals surface area contributed by atoms with Crippen LogP contribution >= 0.6 is 23.2 Å². The molecule has 6 heteroatoms. The van der Waals surface area contributed by atoms with Gasteiger partial charge < -0.3 is 9.64 Å². The fourth-order valence-corrected chi connectivity index (χ4v) is 3.68. The number of halogens is 2. The van der Waals surface area contributed by atoms with Crippen LogP contribution in [-0.2, 0) is 0 Å². The van der Waals surface area contributed by atoms with Gasteiger partial charge in [-0.1, -0.05) is 41.4 Å². The molecule has 0 aliphatic carbocycles. The van der Waals surface area contributed by atoms with Gasteiger partial charge in [-0.15, -0.1) is 0 Å². The summed E-state index contributed by atoms with van der Waals surface area (Å²) in [5, 5.41) is 1.91. The van der Waals surface area contributed by atoms with Crippen LogP contribution in [0.3, 0.4) is 0 Å². The number of ether oxygens (including phenoxy) is 1. The van der Waals surface area contributed by atoms with E-state index in [4.69, 9.17) is 27.9 Å². The zero-order valence-electron chi connectivity index (χ0n) is 13.9. The molecule has 4 nitrogen and oxygen atoms in total. The lowest BCUT2D eigenvalue weighted by molar-refractivity contribution is 0.0773. The van der Waals surface area contributed by atoms with Gasteiger partial charge in [0.15, 0.2) is 0 Å². The molecule has 1 saturated heterocycles. The first-order chi connectivity index (χ1) is 12.6. The smallest absolute Gasteiger partial charge is 0.255 e. The Kier molecular flexibility index (Phi) is 4.70. The molecule has 2 aromatic carbocycles. The predicted molar refractivity (Wildman–Crippen MR) is 103 cm³/mol. The third-order valence-electron chi connectivity index (χ3n) is 4.48. The molecule has 26 heavy (non-hydrogen) atoms. The molecule has 4 rings (SSSR count). The molecule has 1 aliphatic rings. The molecule has 1 aromatic heterocycles. The second-order valence-corrected chi connectivity index (χ2v) is 7.08. The van der Waals surface area contributed by atoms with E-state index in [9.17, 15) is 4.79 Å². The number of aromatic nitrogens is 1. The number of likely N-dealkylation sites (tertiary alicyclic amines) is 1. The van der Waals surface area contributed by atoms with E-state index in [2.05, 4.69) is 4.98 Å². The number of hydrogen-bond donors (Lipinski definition) is 0. The molecule has 1 fully saturated rings. The van der Waals surface area contributed by atoms with E-state index < -0.39 is 0 Å². The summed E-state index contributed by atoms with van der Waals surface area (Å²) in [6, 6.07) is 14.7. The number of carbonyl (C=O) groups is 1. The number of para-hydroxylation sites is 1. The number of nitrogens with zero attached hydrogens (tertiary/aromatic N) is 2. The zero-order chi connectivity index (χ0) is 18.1. The van der Waals surface area contributed by atoms with Gasteiger partial charge in [-0.25, -0.2) is 0 Å². The summed E-state index contributed by atoms with van der Waals surface area (Å²) in [6.07, 6.45) is 2.44. The fraction of sp³-hybridized carbons (Fsp3) is 0.200. The van der Waals surface area contributed by atoms with Crippen LogP contribution in [0.2, 0.25) is 10.0 Å². The van der Waals surface area contributed by atoms with E-state index in [1.807, 2.05) is 30.3 Å². The van der Waals surface area contributed by atoms with Crippen LogP contribution in [0.15, 0.2) is 54.7 Å². The zero-order valence-corrected chi connectivity index (χ0v) is 15.4. The Morgan fingerprint density at radius 1 is 1.15 bits per heavy atom. The summed E-state index contributed by atoms with van der Waals surface area (Å²) in [7, 11) is 0. The van der Waals surface area contributed by atoms with E-state index in [0.29, 0.717) is 28.7 Å². The summed E-state index contributed by atoms with van der Waals surface area (Å²) in [5.41, 5.74) is 1.30. The number of pyridine rings is 1. The summed E-state index contributed by atoms with van der Waals surface area (Å²) in [5.74, 6) is 0.640. The van der Waals surface area contributed by atoms with Crippen molar-refractivity contribution in [3.05, 3.63) is 70.3 Å². The fourth-order valence-electron chi connectivity index (χ4n) is 3.19. The van der Waals surface area contributed by atoms with E-state index in [1.54, 1.807) is 29.3 Å². The van der Waals surface area contributed by atoms with Crippen molar-refractivity contribution in [3.8, 4) is 5.75 Å². The topological polar surface area (TPSA) is 42.4 Å². The van der Waals surface area contributed by atoms with E-state index in [1.165, 1.54) is 0 Å². The van der Waals surface area contributed by atoms with Crippen molar-refractivity contribution in [2.45, 2.75) is 12.5 Å². The summed E-state index contributed by atoms with van der Waals surface area (Å²) in [6.45, 7) is 1.14. The van der Waals surface area contributed by atoms with Crippen LogP contribution in [0, 0.1) is 0 Å². The normalized spacial score (nSPS) is 16.8. The van der Waals surface area contributed by atoms with Crippen molar-refractivity contribution < 1.29 is 9.53 Å². The molecule has 0 radical (unpaired) electrons. The van der Waals surface area contributed by atoms with Crippen LogP contribution in [0.4, 0.5) is 0 Å². The van der Waals surface area contributed by atoms with Crippen molar-refractivity contribution >= 4 is 40.0 Å². The van der Waals surface area contributed by atoms with Crippen LogP contribution in [0.25, 0.3) is 10.9 Å². The predicted octanol–water partition coefficient (Wildman–Crippen LogP) is 4.84. The van der Waals surface area contributed by atoms with Gasteiger partial charge in [0, 0.05) is 29.6 Å².